The highest BCUT2D eigenvalue weighted by Crippen LogP contribution is 2.26. The molecule has 1 aromatic rings. The number of halogens is 5. The number of hydrogen-bond donors (Lipinski definition) is 0. The van der Waals surface area contributed by atoms with E-state index < -0.39 is 3.79 Å². The third-order valence-corrected chi connectivity index (χ3v) is 1.59. The molecule has 1 rings (SSSR count). The maximum Gasteiger partial charge on any atom is 0.322 e. The number of nitrogens with zero attached hydrogens (tertiary/aromatic N) is 3. The molecule has 9 heteroatoms. The van der Waals surface area contributed by atoms with Gasteiger partial charge in [0.1, 0.15) is 6.61 Å². The molecule has 0 atom stereocenters. The second-order valence-corrected chi connectivity index (χ2v) is 5.25. The third kappa shape index (κ3) is 4.66. The first kappa shape index (κ1) is 12.3. The first-order chi connectivity index (χ1) is 6.37. The van der Waals surface area contributed by atoms with Crippen molar-refractivity contribution in [1.29, 1.82) is 0 Å². The van der Waals surface area contributed by atoms with Crippen molar-refractivity contribution in [3.05, 3.63) is 10.6 Å². The average Bonchev–Trinajstić information content (AvgIpc) is 1.97. The fraction of sp³-hybridized carbons (Fsp3) is 0.400. The van der Waals surface area contributed by atoms with Gasteiger partial charge in [0.05, 0.1) is 0 Å². The Labute approximate surface area is 104 Å². The number of rotatable bonds is 2. The smallest absolute Gasteiger partial charge is 0.322 e. The molecule has 0 bridgehead atoms. The van der Waals surface area contributed by atoms with Crippen LogP contribution in [0.15, 0.2) is 0 Å². The second-order valence-electron chi connectivity index (χ2n) is 2.06. The lowest BCUT2D eigenvalue weighted by molar-refractivity contribution is 0.298. The van der Waals surface area contributed by atoms with E-state index in [-0.39, 0.29) is 23.2 Å². The molecule has 0 aliphatic heterocycles. The van der Waals surface area contributed by atoms with Gasteiger partial charge in [-0.15, -0.1) is 0 Å². The van der Waals surface area contributed by atoms with E-state index in [0.29, 0.717) is 0 Å². The fourth-order valence-corrected chi connectivity index (χ4v) is 1.03. The summed E-state index contributed by atoms with van der Waals surface area (Å²) in [6.07, 6.45) is 0. The maximum absolute atomic E-state index is 5.47. The van der Waals surface area contributed by atoms with Gasteiger partial charge in [0.25, 0.3) is 0 Å². The van der Waals surface area contributed by atoms with Crippen LogP contribution in [-0.2, 0) is 0 Å². The van der Waals surface area contributed by atoms with Crippen molar-refractivity contribution in [2.24, 2.45) is 0 Å². The summed E-state index contributed by atoms with van der Waals surface area (Å²) in [7, 11) is 0. The Kier molecular flexibility index (Phi) is 4.28. The summed E-state index contributed by atoms with van der Waals surface area (Å²) in [5, 5.41) is -0.186. The summed E-state index contributed by atoms with van der Waals surface area (Å²) < 4.78 is 3.36. The highest BCUT2D eigenvalue weighted by atomic mass is 35.6. The zero-order valence-corrected chi connectivity index (χ0v) is 10.1. The standard InChI is InChI=1S/C5H2Cl5N3O/c6-2-11-3(7)13-4(12-2)14-1-5(8,9)10/h1H2. The summed E-state index contributed by atoms with van der Waals surface area (Å²) in [6.45, 7) is -0.214. The van der Waals surface area contributed by atoms with E-state index in [4.69, 9.17) is 62.7 Å². The molecule has 0 unspecified atom stereocenters. The van der Waals surface area contributed by atoms with E-state index in [9.17, 15) is 0 Å². The molecule has 0 fully saturated rings. The fourth-order valence-electron chi connectivity index (χ4n) is 0.520. The Hall–Kier alpha value is 0.260. The largest absolute Gasteiger partial charge is 0.459 e. The lowest BCUT2D eigenvalue weighted by Gasteiger charge is -2.10. The van der Waals surface area contributed by atoms with Crippen LogP contribution in [0.1, 0.15) is 0 Å². The van der Waals surface area contributed by atoms with Crippen LogP contribution in [0.5, 0.6) is 6.01 Å². The normalized spacial score (nSPS) is 11.5. The molecular formula is C5H2Cl5N3O. The summed E-state index contributed by atoms with van der Waals surface area (Å²) in [4.78, 5) is 10.7. The van der Waals surface area contributed by atoms with Gasteiger partial charge in [0.15, 0.2) is 0 Å². The molecule has 0 radical (unpaired) electrons. The molecule has 0 aromatic carbocycles. The summed E-state index contributed by atoms with van der Waals surface area (Å²) in [5.74, 6) is 0. The second kappa shape index (κ2) is 4.86. The first-order valence-corrected chi connectivity index (χ1v) is 5.02. The molecule has 4 nitrogen and oxygen atoms in total. The van der Waals surface area contributed by atoms with Gasteiger partial charge in [-0.05, 0) is 23.2 Å². The quantitative estimate of drug-likeness (QED) is 0.788. The minimum atomic E-state index is -1.55. The minimum Gasteiger partial charge on any atom is -0.459 e. The van der Waals surface area contributed by atoms with Crippen molar-refractivity contribution >= 4 is 58.0 Å². The monoisotopic (exact) mass is 295 g/mol. The van der Waals surface area contributed by atoms with Gasteiger partial charge in [-0.25, -0.2) is 0 Å². The van der Waals surface area contributed by atoms with Gasteiger partial charge in [-0.3, -0.25) is 0 Å². The van der Waals surface area contributed by atoms with Gasteiger partial charge >= 0.3 is 6.01 Å². The Morgan fingerprint density at radius 2 is 1.50 bits per heavy atom. The van der Waals surface area contributed by atoms with E-state index in [1.807, 2.05) is 0 Å². The predicted molar refractivity (Wildman–Crippen MR) is 55.6 cm³/mol. The lowest BCUT2D eigenvalue weighted by atomic mass is 10.8. The van der Waals surface area contributed by atoms with Crippen molar-refractivity contribution in [1.82, 2.24) is 15.0 Å². The molecule has 14 heavy (non-hydrogen) atoms. The van der Waals surface area contributed by atoms with Gasteiger partial charge in [0, 0.05) is 0 Å². The summed E-state index contributed by atoms with van der Waals surface area (Å²) in [5.41, 5.74) is 0. The Bertz CT molecular complexity index is 307. The number of hydrogen-bond acceptors (Lipinski definition) is 4. The van der Waals surface area contributed by atoms with Crippen LogP contribution in [0, 0.1) is 0 Å². The molecule has 0 aliphatic carbocycles. The van der Waals surface area contributed by atoms with Crippen LogP contribution in [0.2, 0.25) is 10.6 Å². The predicted octanol–water partition coefficient (Wildman–Crippen LogP) is 2.93. The maximum atomic E-state index is 5.47. The van der Waals surface area contributed by atoms with Crippen LogP contribution in [0.4, 0.5) is 0 Å². The number of ether oxygens (including phenoxy) is 1. The van der Waals surface area contributed by atoms with E-state index >= 15 is 0 Å². The molecule has 0 saturated carbocycles. The molecular weight excluding hydrogens is 295 g/mol. The van der Waals surface area contributed by atoms with Crippen LogP contribution in [0.3, 0.4) is 0 Å². The van der Waals surface area contributed by atoms with Crippen molar-refractivity contribution in [2.75, 3.05) is 6.61 Å². The van der Waals surface area contributed by atoms with Gasteiger partial charge < -0.3 is 4.74 Å². The molecule has 78 valence electrons. The molecule has 1 aromatic heterocycles. The van der Waals surface area contributed by atoms with Crippen molar-refractivity contribution in [3.63, 3.8) is 0 Å². The molecule has 0 saturated heterocycles. The summed E-state index contributed by atoms with van der Waals surface area (Å²) >= 11 is 27.2. The lowest BCUT2D eigenvalue weighted by Crippen LogP contribution is -2.16. The molecule has 1 heterocycles. The highest BCUT2D eigenvalue weighted by Gasteiger charge is 2.21. The van der Waals surface area contributed by atoms with Crippen LogP contribution in [0.25, 0.3) is 0 Å². The van der Waals surface area contributed by atoms with E-state index in [2.05, 4.69) is 15.0 Å². The van der Waals surface area contributed by atoms with Crippen molar-refractivity contribution in [2.45, 2.75) is 3.79 Å². The van der Waals surface area contributed by atoms with Crippen molar-refractivity contribution < 1.29 is 4.74 Å². The number of alkyl halides is 3. The minimum absolute atomic E-state index is 0.0932. The van der Waals surface area contributed by atoms with Crippen LogP contribution in [-0.4, -0.2) is 25.4 Å². The average molecular weight is 297 g/mol. The molecule has 0 amide bonds. The van der Waals surface area contributed by atoms with E-state index in [1.54, 1.807) is 0 Å². The summed E-state index contributed by atoms with van der Waals surface area (Å²) in [6, 6.07) is -0.0960. The van der Waals surface area contributed by atoms with Gasteiger partial charge in [-0.1, -0.05) is 34.8 Å². The van der Waals surface area contributed by atoms with E-state index in [0.717, 1.165) is 0 Å². The van der Waals surface area contributed by atoms with Crippen LogP contribution >= 0.6 is 58.0 Å². The number of aromatic nitrogens is 3. The highest BCUT2D eigenvalue weighted by molar-refractivity contribution is 6.67. The Morgan fingerprint density at radius 1 is 1.00 bits per heavy atom. The Morgan fingerprint density at radius 3 is 1.93 bits per heavy atom. The Balaban J connectivity index is 2.68. The van der Waals surface area contributed by atoms with E-state index in [1.165, 1.54) is 0 Å². The molecule has 0 N–H and O–H groups in total. The topological polar surface area (TPSA) is 47.9 Å². The molecule has 0 aliphatic rings. The first-order valence-electron chi connectivity index (χ1n) is 3.13. The molecule has 0 spiro atoms. The SMILES string of the molecule is Clc1nc(Cl)nc(OCC(Cl)(Cl)Cl)n1. The van der Waals surface area contributed by atoms with Gasteiger partial charge in [-0.2, -0.15) is 15.0 Å². The zero-order valence-electron chi connectivity index (χ0n) is 6.35. The van der Waals surface area contributed by atoms with Crippen LogP contribution < -0.4 is 4.74 Å². The zero-order chi connectivity index (χ0) is 10.8. The van der Waals surface area contributed by atoms with Crippen molar-refractivity contribution in [3.8, 4) is 6.01 Å². The third-order valence-electron chi connectivity index (χ3n) is 0.925. The van der Waals surface area contributed by atoms with Gasteiger partial charge in [0.2, 0.25) is 14.4 Å².